The lowest BCUT2D eigenvalue weighted by molar-refractivity contribution is -0.135. The Balaban J connectivity index is 1.52. The maximum atomic E-state index is 12.9. The van der Waals surface area contributed by atoms with E-state index in [1.54, 1.807) is 7.11 Å². The zero-order valence-corrected chi connectivity index (χ0v) is 13.9. The van der Waals surface area contributed by atoms with Gasteiger partial charge in [0.15, 0.2) is 5.82 Å². The van der Waals surface area contributed by atoms with Gasteiger partial charge < -0.3 is 14.2 Å². The lowest BCUT2D eigenvalue weighted by atomic mass is 10.0. The summed E-state index contributed by atoms with van der Waals surface area (Å²) < 4.78 is 7.42. The van der Waals surface area contributed by atoms with E-state index in [4.69, 9.17) is 4.74 Å². The summed E-state index contributed by atoms with van der Waals surface area (Å²) in [5.74, 6) is 2.89. The topological polar surface area (TPSA) is 60.3 Å². The van der Waals surface area contributed by atoms with Gasteiger partial charge in [0.25, 0.3) is 0 Å². The molecule has 4 rings (SSSR count). The molecule has 6 heteroatoms. The summed E-state index contributed by atoms with van der Waals surface area (Å²) in [6, 6.07) is 0.622. The second kappa shape index (κ2) is 6.23. The molecular formula is C17H26N4O2. The Morgan fingerprint density at radius 2 is 1.96 bits per heavy atom. The molecule has 2 fully saturated rings. The van der Waals surface area contributed by atoms with Crippen LogP contribution in [0, 0.1) is 5.92 Å². The Bertz CT molecular complexity index is 579. The van der Waals surface area contributed by atoms with Gasteiger partial charge in [0, 0.05) is 32.5 Å². The van der Waals surface area contributed by atoms with Crippen LogP contribution < -0.4 is 0 Å². The van der Waals surface area contributed by atoms with Gasteiger partial charge in [0.2, 0.25) is 5.91 Å². The van der Waals surface area contributed by atoms with E-state index in [1.165, 1.54) is 25.7 Å². The Kier molecular flexibility index (Phi) is 4.09. The van der Waals surface area contributed by atoms with Gasteiger partial charge in [-0.2, -0.15) is 0 Å². The monoisotopic (exact) mass is 318 g/mol. The molecule has 1 saturated carbocycles. The zero-order valence-electron chi connectivity index (χ0n) is 13.9. The molecule has 2 unspecified atom stereocenters. The number of aromatic nitrogens is 3. The fraction of sp³-hybridized carbons (Fsp3) is 0.824. The molecule has 1 saturated heterocycles. The fourth-order valence-electron chi connectivity index (χ4n) is 4.71. The van der Waals surface area contributed by atoms with E-state index in [1.807, 2.05) is 0 Å². The first kappa shape index (κ1) is 15.1. The van der Waals surface area contributed by atoms with Gasteiger partial charge in [0.05, 0.1) is 6.04 Å². The van der Waals surface area contributed by atoms with Crippen LogP contribution in [0.5, 0.6) is 0 Å². The van der Waals surface area contributed by atoms with Crippen molar-refractivity contribution in [3.05, 3.63) is 11.6 Å². The summed E-state index contributed by atoms with van der Waals surface area (Å²) >= 11 is 0. The van der Waals surface area contributed by atoms with Crippen molar-refractivity contribution >= 4 is 5.91 Å². The third-order valence-corrected chi connectivity index (χ3v) is 5.83. The van der Waals surface area contributed by atoms with E-state index in [0.29, 0.717) is 30.5 Å². The third kappa shape index (κ3) is 2.77. The standard InChI is InChI=1S/C17H26N4O2/c1-23-11-16-19-18-15-9-13-6-7-14(10-20(15)16)21(13)17(22)8-12-4-2-3-5-12/h12-14H,2-11H2,1H3. The van der Waals surface area contributed by atoms with E-state index in [9.17, 15) is 4.79 Å². The maximum absolute atomic E-state index is 12.9. The molecule has 2 atom stereocenters. The predicted molar refractivity (Wildman–Crippen MR) is 84.7 cm³/mol. The molecule has 2 aliphatic heterocycles. The quantitative estimate of drug-likeness (QED) is 0.851. The van der Waals surface area contributed by atoms with Crippen LogP contribution in [0.25, 0.3) is 0 Å². The average Bonchev–Trinajstić information content (AvgIpc) is 3.21. The number of nitrogens with zero attached hydrogens (tertiary/aromatic N) is 4. The van der Waals surface area contributed by atoms with Crippen LogP contribution in [-0.2, 0) is 29.1 Å². The molecule has 6 nitrogen and oxygen atoms in total. The molecule has 0 radical (unpaired) electrons. The lowest BCUT2D eigenvalue weighted by Crippen LogP contribution is -2.42. The van der Waals surface area contributed by atoms with Crippen molar-refractivity contribution in [2.24, 2.45) is 5.92 Å². The maximum Gasteiger partial charge on any atom is 0.223 e. The average molecular weight is 318 g/mol. The van der Waals surface area contributed by atoms with Crippen molar-refractivity contribution in [1.29, 1.82) is 0 Å². The van der Waals surface area contributed by atoms with Gasteiger partial charge >= 0.3 is 0 Å². The minimum absolute atomic E-state index is 0.307. The Morgan fingerprint density at radius 3 is 2.74 bits per heavy atom. The minimum atomic E-state index is 0.307. The number of amides is 1. The molecule has 1 amide bonds. The van der Waals surface area contributed by atoms with Gasteiger partial charge in [-0.05, 0) is 31.6 Å². The smallest absolute Gasteiger partial charge is 0.223 e. The van der Waals surface area contributed by atoms with E-state index >= 15 is 0 Å². The van der Waals surface area contributed by atoms with E-state index < -0.39 is 0 Å². The van der Waals surface area contributed by atoms with Gasteiger partial charge in [-0.3, -0.25) is 4.79 Å². The Hall–Kier alpha value is -1.43. The molecule has 0 spiro atoms. The highest BCUT2D eigenvalue weighted by Gasteiger charge is 2.41. The summed E-state index contributed by atoms with van der Waals surface area (Å²) in [6.07, 6.45) is 8.86. The third-order valence-electron chi connectivity index (χ3n) is 5.83. The van der Waals surface area contributed by atoms with Crippen molar-refractivity contribution in [2.45, 2.75) is 76.6 Å². The van der Waals surface area contributed by atoms with Crippen molar-refractivity contribution in [1.82, 2.24) is 19.7 Å². The molecule has 1 aromatic rings. The number of rotatable bonds is 4. The van der Waals surface area contributed by atoms with Gasteiger partial charge in [-0.1, -0.05) is 12.8 Å². The number of carbonyl (C=O) groups excluding carboxylic acids is 1. The Morgan fingerprint density at radius 1 is 1.17 bits per heavy atom. The molecule has 1 aliphatic carbocycles. The zero-order chi connectivity index (χ0) is 15.8. The van der Waals surface area contributed by atoms with Gasteiger partial charge in [-0.15, -0.1) is 10.2 Å². The number of hydrogen-bond donors (Lipinski definition) is 0. The second-order valence-corrected chi connectivity index (χ2v) is 7.32. The highest BCUT2D eigenvalue weighted by atomic mass is 16.5. The number of ether oxygens (including phenoxy) is 1. The van der Waals surface area contributed by atoms with E-state index in [2.05, 4.69) is 19.7 Å². The molecule has 126 valence electrons. The molecule has 1 aromatic heterocycles. The number of fused-ring (bicyclic) bond motifs is 3. The molecule has 3 heterocycles. The predicted octanol–water partition coefficient (Wildman–Crippen LogP) is 1.92. The summed E-state index contributed by atoms with van der Waals surface area (Å²) in [4.78, 5) is 15.1. The molecule has 23 heavy (non-hydrogen) atoms. The van der Waals surface area contributed by atoms with Crippen LogP contribution in [0.3, 0.4) is 0 Å². The highest BCUT2D eigenvalue weighted by molar-refractivity contribution is 5.77. The molecule has 0 aromatic carbocycles. The van der Waals surface area contributed by atoms with Crippen LogP contribution in [-0.4, -0.2) is 44.8 Å². The van der Waals surface area contributed by atoms with Crippen LogP contribution in [0.1, 0.15) is 56.6 Å². The van der Waals surface area contributed by atoms with Gasteiger partial charge in [-0.25, -0.2) is 0 Å². The van der Waals surface area contributed by atoms with E-state index in [-0.39, 0.29) is 0 Å². The summed E-state index contributed by atoms with van der Waals surface area (Å²) in [5, 5.41) is 8.61. The first-order chi connectivity index (χ1) is 11.3. The molecule has 2 bridgehead atoms. The number of carbonyl (C=O) groups is 1. The molecule has 3 aliphatic rings. The van der Waals surface area contributed by atoms with Crippen LogP contribution >= 0.6 is 0 Å². The molecule has 0 N–H and O–H groups in total. The lowest BCUT2D eigenvalue weighted by Gasteiger charge is -2.29. The summed E-state index contributed by atoms with van der Waals surface area (Å²) in [5.41, 5.74) is 0. The summed E-state index contributed by atoms with van der Waals surface area (Å²) in [7, 11) is 1.68. The summed E-state index contributed by atoms with van der Waals surface area (Å²) in [6.45, 7) is 1.31. The largest absolute Gasteiger partial charge is 0.377 e. The highest BCUT2D eigenvalue weighted by Crippen LogP contribution is 2.34. The Labute approximate surface area is 137 Å². The number of methoxy groups -OCH3 is 1. The van der Waals surface area contributed by atoms with Crippen LogP contribution in [0.2, 0.25) is 0 Å². The number of hydrogen-bond acceptors (Lipinski definition) is 4. The van der Waals surface area contributed by atoms with Crippen molar-refractivity contribution < 1.29 is 9.53 Å². The van der Waals surface area contributed by atoms with Crippen LogP contribution in [0.4, 0.5) is 0 Å². The fourth-order valence-corrected chi connectivity index (χ4v) is 4.71. The van der Waals surface area contributed by atoms with Crippen molar-refractivity contribution in [3.63, 3.8) is 0 Å². The first-order valence-corrected chi connectivity index (χ1v) is 8.97. The van der Waals surface area contributed by atoms with Crippen molar-refractivity contribution in [2.75, 3.05) is 7.11 Å². The minimum Gasteiger partial charge on any atom is -0.377 e. The second-order valence-electron chi connectivity index (χ2n) is 7.32. The van der Waals surface area contributed by atoms with Crippen molar-refractivity contribution in [3.8, 4) is 0 Å². The van der Waals surface area contributed by atoms with Crippen LogP contribution in [0.15, 0.2) is 0 Å². The van der Waals surface area contributed by atoms with E-state index in [0.717, 1.165) is 43.9 Å². The van der Waals surface area contributed by atoms with Gasteiger partial charge in [0.1, 0.15) is 12.4 Å². The molecular weight excluding hydrogens is 292 g/mol. The SMILES string of the molecule is COCc1nnc2n1CC1CCC(C2)N1C(=O)CC1CCCC1. The first-order valence-electron chi connectivity index (χ1n) is 8.97. The normalized spacial score (nSPS) is 27.3.